The fourth-order valence-corrected chi connectivity index (χ4v) is 2.88. The second-order valence-corrected chi connectivity index (χ2v) is 6.64. The largest absolute Gasteiger partial charge is 0.488 e. The Bertz CT molecular complexity index is 632. The number of hydrogen-bond acceptors (Lipinski definition) is 6. The second-order valence-electron chi connectivity index (χ2n) is 4.79. The molecule has 0 saturated carbocycles. The van der Waals surface area contributed by atoms with Crippen molar-refractivity contribution in [2.24, 2.45) is 0 Å². The van der Waals surface area contributed by atoms with E-state index >= 15 is 0 Å². The Hall–Kier alpha value is -1.43. The quantitative estimate of drug-likeness (QED) is 0.382. The first-order chi connectivity index (χ1) is 10.3. The van der Waals surface area contributed by atoms with Gasteiger partial charge in [-0.25, -0.2) is 0 Å². The summed E-state index contributed by atoms with van der Waals surface area (Å²) in [6.45, 7) is 5.86. The molecule has 22 heavy (non-hydrogen) atoms. The van der Waals surface area contributed by atoms with E-state index in [4.69, 9.17) is 9.26 Å². The van der Waals surface area contributed by atoms with Crippen LogP contribution in [0.5, 0.6) is 5.75 Å². The molecule has 1 aromatic rings. The van der Waals surface area contributed by atoms with Crippen LogP contribution in [0.4, 0.5) is 5.69 Å². The average molecular weight is 331 g/mol. The predicted octanol–water partition coefficient (Wildman–Crippen LogP) is 1.65. The molecule has 0 heterocycles. The summed E-state index contributed by atoms with van der Waals surface area (Å²) < 4.78 is 21.8. The van der Waals surface area contributed by atoms with E-state index in [-0.39, 0.29) is 30.2 Å². The fourth-order valence-electron chi connectivity index (χ4n) is 1.66. The van der Waals surface area contributed by atoms with E-state index in [1.54, 1.807) is 19.9 Å². The van der Waals surface area contributed by atoms with Gasteiger partial charge in [-0.15, -0.1) is 0 Å². The molecule has 2 unspecified atom stereocenters. The summed E-state index contributed by atoms with van der Waals surface area (Å²) in [6.07, 6.45) is 3.36. The van der Waals surface area contributed by atoms with E-state index in [1.807, 2.05) is 6.92 Å². The number of nitrogens with one attached hydrogen (secondary N) is 1. The van der Waals surface area contributed by atoms with Gasteiger partial charge >= 0.3 is 7.60 Å². The van der Waals surface area contributed by atoms with E-state index in [2.05, 4.69) is 5.32 Å². The van der Waals surface area contributed by atoms with Crippen LogP contribution in [0, 0.1) is 0 Å². The van der Waals surface area contributed by atoms with Gasteiger partial charge in [-0.05, 0) is 20.3 Å². The highest BCUT2D eigenvalue weighted by atomic mass is 31.2. The molecule has 0 aliphatic carbocycles. The molecule has 1 rings (SSSR count). The van der Waals surface area contributed by atoms with Crippen molar-refractivity contribution < 1.29 is 18.7 Å². The first-order valence-corrected chi connectivity index (χ1v) is 8.93. The topological polar surface area (TPSA) is 102 Å². The van der Waals surface area contributed by atoms with E-state index in [0.717, 1.165) is 0 Å². The number of anilines is 1. The Morgan fingerprint density at radius 3 is 2.55 bits per heavy atom. The Labute approximate surface area is 129 Å². The van der Waals surface area contributed by atoms with Gasteiger partial charge in [0.05, 0.1) is 18.9 Å². The van der Waals surface area contributed by atoms with Crippen LogP contribution in [-0.4, -0.2) is 30.3 Å². The minimum absolute atomic E-state index is 0.0498. The molecule has 0 spiro atoms. The van der Waals surface area contributed by atoms with Crippen molar-refractivity contribution in [2.75, 3.05) is 24.6 Å². The van der Waals surface area contributed by atoms with E-state index in [0.29, 0.717) is 13.0 Å². The van der Waals surface area contributed by atoms with Crippen molar-refractivity contribution in [1.29, 1.82) is 0 Å². The van der Waals surface area contributed by atoms with Gasteiger partial charge in [0, 0.05) is 6.54 Å². The van der Waals surface area contributed by atoms with Gasteiger partial charge in [0.2, 0.25) is 0 Å². The molecule has 0 saturated heterocycles. The highest BCUT2D eigenvalue weighted by molar-refractivity contribution is 7.53. The summed E-state index contributed by atoms with van der Waals surface area (Å²) in [5.74, 6) is 0.0498. The van der Waals surface area contributed by atoms with Crippen LogP contribution in [0.2, 0.25) is 0 Å². The molecule has 0 amide bonds. The molecule has 0 aliphatic heterocycles. The molecule has 0 fully saturated rings. The van der Waals surface area contributed by atoms with Gasteiger partial charge in [0.15, 0.2) is 5.75 Å². The van der Waals surface area contributed by atoms with E-state index in [1.165, 1.54) is 6.08 Å². The van der Waals surface area contributed by atoms with Gasteiger partial charge in [-0.1, -0.05) is 19.1 Å². The minimum Gasteiger partial charge on any atom is -0.488 e. The third kappa shape index (κ3) is 5.09. The number of ether oxygens (including phenoxy) is 1. The Morgan fingerprint density at radius 2 is 1.95 bits per heavy atom. The van der Waals surface area contributed by atoms with Crippen molar-refractivity contribution in [3.05, 3.63) is 32.6 Å². The molecular weight excluding hydrogens is 309 g/mol. The second kappa shape index (κ2) is 8.27. The van der Waals surface area contributed by atoms with Gasteiger partial charge in [0.1, 0.15) is 5.69 Å². The third-order valence-electron chi connectivity index (χ3n) is 2.97. The maximum absolute atomic E-state index is 11.7. The highest BCUT2D eigenvalue weighted by Crippen LogP contribution is 2.43. The molecule has 0 bridgehead atoms. The maximum Gasteiger partial charge on any atom is 0.332 e. The molecule has 2 atom stereocenters. The van der Waals surface area contributed by atoms with Crippen LogP contribution in [-0.2, 0) is 9.09 Å². The van der Waals surface area contributed by atoms with Crippen LogP contribution in [0.1, 0.15) is 27.2 Å². The molecule has 2 N–H and O–H groups in total. The van der Waals surface area contributed by atoms with Gasteiger partial charge in [0.25, 0.3) is 10.9 Å². The predicted molar refractivity (Wildman–Crippen MR) is 85.7 cm³/mol. The minimum atomic E-state index is -3.64. The summed E-state index contributed by atoms with van der Waals surface area (Å²) in [4.78, 5) is 32.2. The Kier molecular flexibility index (Phi) is 7.00. The smallest absolute Gasteiger partial charge is 0.332 e. The zero-order valence-corrected chi connectivity index (χ0v) is 13.9. The fraction of sp³-hybridized carbons (Fsp3) is 0.571. The van der Waals surface area contributed by atoms with Crippen LogP contribution < -0.4 is 20.9 Å². The maximum atomic E-state index is 11.7. The third-order valence-corrected chi connectivity index (χ3v) is 4.34. The van der Waals surface area contributed by atoms with Crippen molar-refractivity contribution >= 4 is 13.3 Å². The first kappa shape index (κ1) is 18.6. The molecule has 0 aliphatic rings. The van der Waals surface area contributed by atoms with Crippen LogP contribution >= 0.6 is 7.60 Å². The first-order valence-electron chi connectivity index (χ1n) is 7.17. The number of allylic oxidation sites excluding steroid dienone is 1. The van der Waals surface area contributed by atoms with E-state index < -0.39 is 18.5 Å². The van der Waals surface area contributed by atoms with Crippen molar-refractivity contribution in [1.82, 2.24) is 0 Å². The van der Waals surface area contributed by atoms with Crippen molar-refractivity contribution in [3.63, 3.8) is 0 Å². The lowest BCUT2D eigenvalue weighted by molar-refractivity contribution is 0.187. The summed E-state index contributed by atoms with van der Waals surface area (Å²) in [5, 5.41) is 2.76. The summed E-state index contributed by atoms with van der Waals surface area (Å²) in [6, 6.07) is 0. The zero-order chi connectivity index (χ0) is 16.8. The zero-order valence-electron chi connectivity index (χ0n) is 13.0. The van der Waals surface area contributed by atoms with Gasteiger partial charge in [-0.2, -0.15) is 0 Å². The number of rotatable bonds is 10. The lowest BCUT2D eigenvalue weighted by Gasteiger charge is -2.15. The Morgan fingerprint density at radius 1 is 1.27 bits per heavy atom. The summed E-state index contributed by atoms with van der Waals surface area (Å²) in [5.41, 5.74) is -1.08. The Balaban J connectivity index is 2.45. The average Bonchev–Trinajstić information content (AvgIpc) is 2.48. The molecule has 0 radical (unpaired) electrons. The molecular formula is C14H22NO6P. The molecule has 8 heteroatoms. The lowest BCUT2D eigenvalue weighted by Crippen LogP contribution is -2.35. The summed E-state index contributed by atoms with van der Waals surface area (Å²) in [7, 11) is -3.64. The van der Waals surface area contributed by atoms with Gasteiger partial charge < -0.3 is 19.5 Å². The molecule has 124 valence electrons. The van der Waals surface area contributed by atoms with Crippen LogP contribution in [0.25, 0.3) is 0 Å². The lowest BCUT2D eigenvalue weighted by atomic mass is 10.2. The normalized spacial score (nSPS) is 15.8. The molecule has 1 aromatic carbocycles. The number of hydrogen-bond donors (Lipinski definition) is 2. The summed E-state index contributed by atoms with van der Waals surface area (Å²) >= 11 is 0. The molecule has 7 nitrogen and oxygen atoms in total. The van der Waals surface area contributed by atoms with Gasteiger partial charge in [-0.3, -0.25) is 14.2 Å². The van der Waals surface area contributed by atoms with Crippen LogP contribution in [0.15, 0.2) is 21.7 Å². The monoisotopic (exact) mass is 331 g/mol. The van der Waals surface area contributed by atoms with Crippen molar-refractivity contribution in [2.45, 2.75) is 33.3 Å². The molecule has 0 aromatic heterocycles. The van der Waals surface area contributed by atoms with Crippen LogP contribution in [0.3, 0.4) is 0 Å². The van der Waals surface area contributed by atoms with Crippen molar-refractivity contribution in [3.8, 4) is 5.75 Å². The SMILES string of the molecule is CCOc1c(NCC=CCP(=O)(O)OC(C)CC)c(=O)c1=O. The standard InChI is InChI=1S/C14H22NO6P/c1-4-10(3)21-22(18,19)9-7-6-8-15-11-12(16)13(17)14(11)20-5-2/h6-7,10,15H,4-5,8-9H2,1-3H3,(H,18,19). The van der Waals surface area contributed by atoms with E-state index in [9.17, 15) is 19.0 Å². The highest BCUT2D eigenvalue weighted by Gasteiger charge is 2.22.